The van der Waals surface area contributed by atoms with Crippen molar-refractivity contribution in [3.63, 3.8) is 0 Å². The third-order valence-electron chi connectivity index (χ3n) is 8.54. The van der Waals surface area contributed by atoms with E-state index in [0.717, 1.165) is 0 Å². The summed E-state index contributed by atoms with van der Waals surface area (Å²) in [6.07, 6.45) is -8.86. The third-order valence-corrected chi connectivity index (χ3v) is 8.54. The molecule has 224 valence electrons. The summed E-state index contributed by atoms with van der Waals surface area (Å²) in [5.41, 5.74) is 0. The van der Waals surface area contributed by atoms with Crippen molar-refractivity contribution in [2.45, 2.75) is 82.0 Å². The third kappa shape index (κ3) is 7.03. The van der Waals surface area contributed by atoms with E-state index in [0.29, 0.717) is 0 Å². The minimum Gasteiger partial charge on any atom is -0.394 e. The zero-order valence-corrected chi connectivity index (χ0v) is 22.2. The Morgan fingerprint density at radius 2 is 0.895 bits per heavy atom. The lowest BCUT2D eigenvalue weighted by Gasteiger charge is -2.44. The molecule has 0 spiro atoms. The average Bonchev–Trinajstić information content (AvgIpc) is 2.91. The lowest BCUT2D eigenvalue weighted by molar-refractivity contribution is -0.260. The van der Waals surface area contributed by atoms with Crippen LogP contribution in [0, 0.1) is 29.6 Å². The van der Waals surface area contributed by atoms with Crippen LogP contribution in [-0.2, 0) is 23.7 Å². The standard InChI is InChI=1S/C25H46O13/c1-11-19(9-35-8-15-17(5-27)38-25(33)13(3)22(15)30)36-16(4-26)14(21(11)29)7-34-10-20-12(2)23(31)24(32)18(6-28)37-20/h11-33H,4-10H2,1-3H3/t11?,12?,13?,14-,15-,16?,17?,18?,19+,20+,21+,22+,23+,24-,25-/m1/s1. The fourth-order valence-corrected chi connectivity index (χ4v) is 5.58. The lowest BCUT2D eigenvalue weighted by atomic mass is 9.82. The Kier molecular flexibility index (Phi) is 12.1. The average molecular weight is 555 g/mol. The summed E-state index contributed by atoms with van der Waals surface area (Å²) in [6.45, 7) is 4.15. The Morgan fingerprint density at radius 3 is 1.39 bits per heavy atom. The predicted molar refractivity (Wildman–Crippen MR) is 130 cm³/mol. The molecule has 0 aromatic carbocycles. The van der Waals surface area contributed by atoms with Crippen molar-refractivity contribution in [3.05, 3.63) is 0 Å². The highest BCUT2D eigenvalue weighted by Gasteiger charge is 2.46. The van der Waals surface area contributed by atoms with Crippen molar-refractivity contribution < 1.29 is 64.5 Å². The second kappa shape index (κ2) is 14.4. The first kappa shape index (κ1) is 32.0. The monoisotopic (exact) mass is 554 g/mol. The maximum absolute atomic E-state index is 11.0. The molecule has 6 unspecified atom stereocenters. The second-order valence-corrected chi connectivity index (χ2v) is 11.0. The van der Waals surface area contributed by atoms with Gasteiger partial charge in [0.15, 0.2) is 6.29 Å². The molecule has 15 atom stereocenters. The van der Waals surface area contributed by atoms with Crippen LogP contribution in [0.5, 0.6) is 0 Å². The van der Waals surface area contributed by atoms with Crippen molar-refractivity contribution in [2.24, 2.45) is 29.6 Å². The largest absolute Gasteiger partial charge is 0.394 e. The van der Waals surface area contributed by atoms with Gasteiger partial charge in [0.2, 0.25) is 0 Å². The van der Waals surface area contributed by atoms with Gasteiger partial charge in [-0.3, -0.25) is 0 Å². The van der Waals surface area contributed by atoms with E-state index < -0.39 is 91.5 Å². The van der Waals surface area contributed by atoms with Crippen LogP contribution in [0.15, 0.2) is 0 Å². The number of hydrogen-bond acceptors (Lipinski definition) is 13. The van der Waals surface area contributed by atoms with Crippen molar-refractivity contribution in [2.75, 3.05) is 46.2 Å². The first-order valence-electron chi connectivity index (χ1n) is 13.4. The number of rotatable bonds is 11. The Hall–Kier alpha value is -0.520. The van der Waals surface area contributed by atoms with Gasteiger partial charge in [0.05, 0.1) is 89.0 Å². The summed E-state index contributed by atoms with van der Waals surface area (Å²) in [5, 5.41) is 80.5. The van der Waals surface area contributed by atoms with Crippen LogP contribution in [0.2, 0.25) is 0 Å². The molecule has 0 aliphatic carbocycles. The second-order valence-electron chi connectivity index (χ2n) is 11.0. The van der Waals surface area contributed by atoms with Gasteiger partial charge in [-0.1, -0.05) is 20.8 Å². The maximum Gasteiger partial charge on any atom is 0.160 e. The smallest absolute Gasteiger partial charge is 0.160 e. The molecule has 3 heterocycles. The molecule has 8 N–H and O–H groups in total. The molecule has 3 fully saturated rings. The molecule has 3 aliphatic rings. The summed E-state index contributed by atoms with van der Waals surface area (Å²) in [5.74, 6) is -2.49. The molecule has 0 saturated carbocycles. The fourth-order valence-electron chi connectivity index (χ4n) is 5.58. The molecule has 0 bridgehead atoms. The molecule has 13 nitrogen and oxygen atoms in total. The SMILES string of the molecule is CC1[C@H](COC[C@@H]2C(CO)O[C@@H](COC[C@@H]3C(CO)O[C@@H](O)C(C)[C@@H]3O)C(C)[C@@H]2O)OC(CO)[C@@H](O)[C@H]1O. The van der Waals surface area contributed by atoms with Gasteiger partial charge in [-0.15, -0.1) is 0 Å². The van der Waals surface area contributed by atoms with Crippen LogP contribution in [0.1, 0.15) is 20.8 Å². The van der Waals surface area contributed by atoms with E-state index in [1.807, 2.05) is 0 Å². The molecular weight excluding hydrogens is 508 g/mol. The Bertz CT molecular complexity index is 694. The van der Waals surface area contributed by atoms with Crippen LogP contribution >= 0.6 is 0 Å². The molecule has 13 heteroatoms. The lowest BCUT2D eigenvalue weighted by Crippen LogP contribution is -2.56. The molecule has 0 aromatic heterocycles. The van der Waals surface area contributed by atoms with Gasteiger partial charge in [0.1, 0.15) is 12.2 Å². The van der Waals surface area contributed by atoms with Crippen LogP contribution in [0.4, 0.5) is 0 Å². The topological polar surface area (TPSA) is 208 Å². The van der Waals surface area contributed by atoms with Gasteiger partial charge >= 0.3 is 0 Å². The highest BCUT2D eigenvalue weighted by atomic mass is 16.6. The molecule has 0 aromatic rings. The molecule has 0 radical (unpaired) electrons. The molecule has 3 saturated heterocycles. The highest BCUT2D eigenvalue weighted by Crippen LogP contribution is 2.33. The number of hydrogen-bond donors (Lipinski definition) is 8. The van der Waals surface area contributed by atoms with Gasteiger partial charge in [0, 0.05) is 29.6 Å². The summed E-state index contributed by atoms with van der Waals surface area (Å²) in [6, 6.07) is 0. The van der Waals surface area contributed by atoms with E-state index in [-0.39, 0.29) is 45.6 Å². The zero-order valence-electron chi connectivity index (χ0n) is 22.2. The fraction of sp³-hybridized carbons (Fsp3) is 1.00. The van der Waals surface area contributed by atoms with Gasteiger partial charge in [0.25, 0.3) is 0 Å². The molecule has 3 rings (SSSR count). The van der Waals surface area contributed by atoms with Crippen LogP contribution < -0.4 is 0 Å². The van der Waals surface area contributed by atoms with E-state index >= 15 is 0 Å². The van der Waals surface area contributed by atoms with Gasteiger partial charge < -0.3 is 64.5 Å². The normalized spacial score (nSPS) is 48.2. The van der Waals surface area contributed by atoms with Crippen molar-refractivity contribution in [3.8, 4) is 0 Å². The van der Waals surface area contributed by atoms with E-state index in [2.05, 4.69) is 0 Å². The van der Waals surface area contributed by atoms with E-state index in [4.69, 9.17) is 23.7 Å². The Labute approximate surface area is 222 Å². The van der Waals surface area contributed by atoms with Gasteiger partial charge in [-0.2, -0.15) is 0 Å². The minimum absolute atomic E-state index is 0.0391. The van der Waals surface area contributed by atoms with E-state index in [1.54, 1.807) is 20.8 Å². The first-order valence-corrected chi connectivity index (χ1v) is 13.4. The summed E-state index contributed by atoms with van der Waals surface area (Å²) in [4.78, 5) is 0. The summed E-state index contributed by atoms with van der Waals surface area (Å²) >= 11 is 0. The maximum atomic E-state index is 11.0. The minimum atomic E-state index is -1.20. The van der Waals surface area contributed by atoms with Crippen molar-refractivity contribution in [1.29, 1.82) is 0 Å². The first-order chi connectivity index (χ1) is 18.0. The zero-order chi connectivity index (χ0) is 28.1. The number of ether oxygens (including phenoxy) is 5. The summed E-state index contributed by atoms with van der Waals surface area (Å²) < 4.78 is 28.7. The Morgan fingerprint density at radius 1 is 0.474 bits per heavy atom. The van der Waals surface area contributed by atoms with Crippen molar-refractivity contribution in [1.82, 2.24) is 0 Å². The molecule has 38 heavy (non-hydrogen) atoms. The highest BCUT2D eigenvalue weighted by molar-refractivity contribution is 4.92. The van der Waals surface area contributed by atoms with Crippen LogP contribution in [-0.4, -0.2) is 148 Å². The summed E-state index contributed by atoms with van der Waals surface area (Å²) in [7, 11) is 0. The molecule has 3 aliphatic heterocycles. The van der Waals surface area contributed by atoms with Gasteiger partial charge in [-0.05, 0) is 0 Å². The van der Waals surface area contributed by atoms with E-state index in [1.165, 1.54) is 0 Å². The predicted octanol–water partition coefficient (Wildman–Crippen LogP) is -3.17. The van der Waals surface area contributed by atoms with Crippen molar-refractivity contribution >= 4 is 0 Å². The number of aliphatic hydroxyl groups is 8. The van der Waals surface area contributed by atoms with E-state index in [9.17, 15) is 40.9 Å². The van der Waals surface area contributed by atoms with Gasteiger partial charge in [-0.25, -0.2) is 0 Å². The molecule has 0 amide bonds. The van der Waals surface area contributed by atoms with Crippen LogP contribution in [0.3, 0.4) is 0 Å². The quantitative estimate of drug-likeness (QED) is 0.127. The molecular formula is C25H46O13. The number of aliphatic hydroxyl groups excluding tert-OH is 8. The Balaban J connectivity index is 1.50. The van der Waals surface area contributed by atoms with Crippen LogP contribution in [0.25, 0.3) is 0 Å².